The predicted octanol–water partition coefficient (Wildman–Crippen LogP) is 2.92. The number of alkyl halides is 1. The first-order valence-corrected chi connectivity index (χ1v) is 7.34. The molecule has 0 bridgehead atoms. The van der Waals surface area contributed by atoms with Crippen LogP contribution in [0.2, 0.25) is 0 Å². The molecule has 15 heavy (non-hydrogen) atoms. The third kappa shape index (κ3) is 2.88. The lowest BCUT2D eigenvalue weighted by Crippen LogP contribution is -2.37. The molecule has 82 valence electrons. The molecule has 0 aromatic carbocycles. The highest BCUT2D eigenvalue weighted by molar-refractivity contribution is 9.08. The monoisotopic (exact) mass is 286 g/mol. The molecule has 1 aliphatic rings. The standard InChI is InChI=1S/C11H15BrN2S/c1-9-8-14(4-5-15-9)11-3-2-10(6-12)7-13-11/h2-3,7,9H,4-6,8H2,1H3. The zero-order valence-electron chi connectivity index (χ0n) is 8.82. The number of pyridine rings is 1. The van der Waals surface area contributed by atoms with E-state index in [1.54, 1.807) is 0 Å². The van der Waals surface area contributed by atoms with Crippen molar-refractivity contribution in [2.24, 2.45) is 0 Å². The molecule has 1 atom stereocenters. The van der Waals surface area contributed by atoms with Crippen LogP contribution in [0, 0.1) is 0 Å². The number of anilines is 1. The van der Waals surface area contributed by atoms with E-state index in [1.807, 2.05) is 18.0 Å². The van der Waals surface area contributed by atoms with E-state index in [4.69, 9.17) is 0 Å². The summed E-state index contributed by atoms with van der Waals surface area (Å²) in [5.74, 6) is 2.33. The minimum absolute atomic E-state index is 0.719. The Morgan fingerprint density at radius 1 is 1.60 bits per heavy atom. The minimum Gasteiger partial charge on any atom is -0.355 e. The maximum atomic E-state index is 4.49. The van der Waals surface area contributed by atoms with Crippen molar-refractivity contribution in [2.75, 3.05) is 23.7 Å². The Hall–Kier alpha value is -0.220. The van der Waals surface area contributed by atoms with Crippen LogP contribution in [0.1, 0.15) is 12.5 Å². The molecule has 1 fully saturated rings. The van der Waals surface area contributed by atoms with Crippen LogP contribution < -0.4 is 4.90 Å². The van der Waals surface area contributed by atoms with Gasteiger partial charge in [0.25, 0.3) is 0 Å². The number of halogens is 1. The van der Waals surface area contributed by atoms with Crippen LogP contribution in [0.4, 0.5) is 5.82 Å². The Morgan fingerprint density at radius 3 is 3.07 bits per heavy atom. The van der Waals surface area contributed by atoms with E-state index in [1.165, 1.54) is 11.3 Å². The lowest BCUT2D eigenvalue weighted by atomic mass is 10.3. The predicted molar refractivity (Wildman–Crippen MR) is 71.0 cm³/mol. The number of nitrogens with zero attached hydrogens (tertiary/aromatic N) is 2. The second-order valence-corrected chi connectivity index (χ2v) is 5.89. The van der Waals surface area contributed by atoms with Gasteiger partial charge < -0.3 is 4.90 Å². The highest BCUT2D eigenvalue weighted by Gasteiger charge is 2.17. The normalized spacial score (nSPS) is 21.7. The molecule has 0 N–H and O–H groups in total. The molecule has 0 radical (unpaired) electrons. The summed E-state index contributed by atoms with van der Waals surface area (Å²) in [4.78, 5) is 6.87. The van der Waals surface area contributed by atoms with Gasteiger partial charge in [0.2, 0.25) is 0 Å². The molecule has 1 unspecified atom stereocenters. The second-order valence-electron chi connectivity index (χ2n) is 3.79. The van der Waals surface area contributed by atoms with Gasteiger partial charge in [0, 0.05) is 35.6 Å². The van der Waals surface area contributed by atoms with Crippen molar-refractivity contribution in [1.29, 1.82) is 0 Å². The molecule has 0 saturated carbocycles. The van der Waals surface area contributed by atoms with Crippen molar-refractivity contribution in [2.45, 2.75) is 17.5 Å². The lowest BCUT2D eigenvalue weighted by Gasteiger charge is -2.31. The third-order valence-corrected chi connectivity index (χ3v) is 4.31. The van der Waals surface area contributed by atoms with Crippen molar-refractivity contribution in [3.8, 4) is 0 Å². The summed E-state index contributed by atoms with van der Waals surface area (Å²) < 4.78 is 0. The van der Waals surface area contributed by atoms with E-state index in [0.717, 1.165) is 29.5 Å². The molecule has 0 spiro atoms. The Bertz CT molecular complexity index is 315. The summed E-state index contributed by atoms with van der Waals surface area (Å²) in [5, 5.41) is 1.60. The van der Waals surface area contributed by atoms with Gasteiger partial charge in [-0.2, -0.15) is 11.8 Å². The van der Waals surface area contributed by atoms with Crippen LogP contribution in [-0.4, -0.2) is 29.1 Å². The van der Waals surface area contributed by atoms with Gasteiger partial charge in [-0.25, -0.2) is 4.98 Å². The van der Waals surface area contributed by atoms with Crippen molar-refractivity contribution in [3.05, 3.63) is 23.9 Å². The number of hydrogen-bond donors (Lipinski definition) is 0. The minimum atomic E-state index is 0.719. The van der Waals surface area contributed by atoms with Crippen LogP contribution in [0.5, 0.6) is 0 Å². The highest BCUT2D eigenvalue weighted by atomic mass is 79.9. The quantitative estimate of drug-likeness (QED) is 0.778. The number of thioether (sulfide) groups is 1. The van der Waals surface area contributed by atoms with E-state index < -0.39 is 0 Å². The third-order valence-electron chi connectivity index (χ3n) is 2.53. The van der Waals surface area contributed by atoms with E-state index in [9.17, 15) is 0 Å². The van der Waals surface area contributed by atoms with Crippen LogP contribution in [0.3, 0.4) is 0 Å². The first-order chi connectivity index (χ1) is 7.29. The molecule has 1 aromatic rings. The van der Waals surface area contributed by atoms with Crippen molar-refractivity contribution >= 4 is 33.5 Å². The summed E-state index contributed by atoms with van der Waals surface area (Å²) in [7, 11) is 0. The topological polar surface area (TPSA) is 16.1 Å². The molecular formula is C11H15BrN2S. The molecule has 0 aliphatic carbocycles. The Balaban J connectivity index is 2.07. The Morgan fingerprint density at radius 2 is 2.47 bits per heavy atom. The van der Waals surface area contributed by atoms with Gasteiger partial charge in [0.15, 0.2) is 0 Å². The van der Waals surface area contributed by atoms with Gasteiger partial charge in [-0.3, -0.25) is 0 Å². The first kappa shape index (κ1) is 11.3. The lowest BCUT2D eigenvalue weighted by molar-refractivity contribution is 0.770. The fourth-order valence-electron chi connectivity index (χ4n) is 1.71. The fourth-order valence-corrected chi connectivity index (χ4v) is 3.05. The number of rotatable bonds is 2. The van der Waals surface area contributed by atoms with Crippen LogP contribution >= 0.6 is 27.7 Å². The highest BCUT2D eigenvalue weighted by Crippen LogP contribution is 2.22. The van der Waals surface area contributed by atoms with E-state index >= 15 is 0 Å². The van der Waals surface area contributed by atoms with Crippen molar-refractivity contribution in [3.63, 3.8) is 0 Å². The summed E-state index contributed by atoms with van der Waals surface area (Å²) >= 11 is 5.48. The smallest absolute Gasteiger partial charge is 0.128 e. The Kier molecular flexibility index (Phi) is 3.92. The maximum absolute atomic E-state index is 4.49. The molecule has 2 heterocycles. The summed E-state index contributed by atoms with van der Waals surface area (Å²) in [6.07, 6.45) is 1.95. The van der Waals surface area contributed by atoms with Crippen LogP contribution in [0.15, 0.2) is 18.3 Å². The fraction of sp³-hybridized carbons (Fsp3) is 0.545. The van der Waals surface area contributed by atoms with Gasteiger partial charge in [-0.1, -0.05) is 28.9 Å². The average molecular weight is 287 g/mol. The van der Waals surface area contributed by atoms with Gasteiger partial charge in [-0.15, -0.1) is 0 Å². The average Bonchev–Trinajstić information content (AvgIpc) is 2.29. The molecule has 1 aliphatic heterocycles. The summed E-state index contributed by atoms with van der Waals surface area (Å²) in [6, 6.07) is 4.27. The molecule has 2 rings (SSSR count). The van der Waals surface area contributed by atoms with E-state index in [2.05, 4.69) is 44.9 Å². The van der Waals surface area contributed by atoms with Gasteiger partial charge in [0.1, 0.15) is 5.82 Å². The van der Waals surface area contributed by atoms with Crippen molar-refractivity contribution in [1.82, 2.24) is 4.98 Å². The molecule has 2 nitrogen and oxygen atoms in total. The molecular weight excluding hydrogens is 272 g/mol. The van der Waals surface area contributed by atoms with E-state index in [-0.39, 0.29) is 0 Å². The summed E-state index contributed by atoms with van der Waals surface area (Å²) in [5.41, 5.74) is 1.23. The van der Waals surface area contributed by atoms with Crippen LogP contribution in [-0.2, 0) is 5.33 Å². The SMILES string of the molecule is CC1CN(c2ccc(CBr)cn2)CCS1. The first-order valence-electron chi connectivity index (χ1n) is 5.17. The number of aromatic nitrogens is 1. The Labute approximate surface area is 104 Å². The zero-order valence-corrected chi connectivity index (χ0v) is 11.2. The summed E-state index contributed by atoms with van der Waals surface area (Å²) in [6.45, 7) is 4.52. The van der Waals surface area contributed by atoms with Gasteiger partial charge in [-0.05, 0) is 11.6 Å². The molecule has 0 amide bonds. The van der Waals surface area contributed by atoms with Crippen LogP contribution in [0.25, 0.3) is 0 Å². The van der Waals surface area contributed by atoms with Crippen molar-refractivity contribution < 1.29 is 0 Å². The van der Waals surface area contributed by atoms with Gasteiger partial charge >= 0.3 is 0 Å². The largest absolute Gasteiger partial charge is 0.355 e. The zero-order chi connectivity index (χ0) is 10.7. The molecule has 1 saturated heterocycles. The van der Waals surface area contributed by atoms with E-state index in [0.29, 0.717) is 0 Å². The molecule has 4 heteroatoms. The number of hydrogen-bond acceptors (Lipinski definition) is 3. The molecule has 1 aromatic heterocycles. The van der Waals surface area contributed by atoms with Gasteiger partial charge in [0.05, 0.1) is 0 Å². The second kappa shape index (κ2) is 5.21. The maximum Gasteiger partial charge on any atom is 0.128 e.